The molecule has 1 aromatic carbocycles. The number of benzene rings is 1. The second-order valence-electron chi connectivity index (χ2n) is 5.45. The summed E-state index contributed by atoms with van der Waals surface area (Å²) >= 11 is 0. The maximum atomic E-state index is 14.0. The number of nitrogen functional groups attached to an aromatic ring is 1. The molecular weight excluding hydrogens is 274 g/mol. The minimum Gasteiger partial charge on any atom is -0.397 e. The molecule has 0 bridgehead atoms. The molecule has 0 saturated carbocycles. The Kier molecular flexibility index (Phi) is 3.59. The fourth-order valence-corrected chi connectivity index (χ4v) is 2.97. The van der Waals surface area contributed by atoms with Gasteiger partial charge in [-0.1, -0.05) is 12.1 Å². The van der Waals surface area contributed by atoms with Crippen LogP contribution in [0.5, 0.6) is 0 Å². The van der Waals surface area contributed by atoms with Crippen molar-refractivity contribution in [1.82, 2.24) is 4.98 Å². The summed E-state index contributed by atoms with van der Waals surface area (Å²) in [5.41, 5.74) is 7.97. The molecule has 110 valence electrons. The van der Waals surface area contributed by atoms with Gasteiger partial charge in [-0.25, -0.2) is 8.78 Å². The summed E-state index contributed by atoms with van der Waals surface area (Å²) in [6.45, 7) is 0. The van der Waals surface area contributed by atoms with Crippen molar-refractivity contribution in [2.45, 2.75) is 31.3 Å². The third kappa shape index (κ3) is 2.61. The molecule has 5 heteroatoms. The van der Waals surface area contributed by atoms with Crippen LogP contribution >= 0.6 is 0 Å². The van der Waals surface area contributed by atoms with E-state index in [0.29, 0.717) is 36.2 Å². The molecule has 1 aromatic heterocycles. The molecule has 3 rings (SSSR count). The fourth-order valence-electron chi connectivity index (χ4n) is 2.97. The number of rotatable bonds is 1. The summed E-state index contributed by atoms with van der Waals surface area (Å²) in [6.07, 6.45) is 2.33. The maximum Gasteiger partial charge on any atom is 0.162 e. The molecule has 0 saturated heterocycles. The molecule has 1 aliphatic rings. The Morgan fingerprint density at radius 1 is 1.24 bits per heavy atom. The molecule has 1 heterocycles. The molecule has 3 nitrogen and oxygen atoms in total. The smallest absolute Gasteiger partial charge is 0.162 e. The van der Waals surface area contributed by atoms with Crippen molar-refractivity contribution in [3.8, 4) is 0 Å². The van der Waals surface area contributed by atoms with Crippen LogP contribution < -0.4 is 5.73 Å². The Morgan fingerprint density at radius 2 is 2.05 bits per heavy atom. The number of hydrogen-bond donors (Lipinski definition) is 2. The van der Waals surface area contributed by atoms with E-state index in [4.69, 9.17) is 5.73 Å². The predicted octanol–water partition coefficient (Wildman–Crippen LogP) is 3.10. The molecule has 21 heavy (non-hydrogen) atoms. The largest absolute Gasteiger partial charge is 0.397 e. The van der Waals surface area contributed by atoms with Gasteiger partial charge in [0.05, 0.1) is 23.7 Å². The van der Waals surface area contributed by atoms with Gasteiger partial charge in [0.2, 0.25) is 0 Å². The average Bonchev–Trinajstić information content (AvgIpc) is 2.61. The van der Waals surface area contributed by atoms with Gasteiger partial charge >= 0.3 is 0 Å². The highest BCUT2D eigenvalue weighted by atomic mass is 19.2. The van der Waals surface area contributed by atoms with Crippen LogP contribution in [0.1, 0.15) is 41.7 Å². The van der Waals surface area contributed by atoms with Crippen LogP contribution in [0.25, 0.3) is 0 Å². The van der Waals surface area contributed by atoms with Gasteiger partial charge in [-0.15, -0.1) is 0 Å². The molecular formula is C16H16F2N2O. The normalized spacial score (nSPS) is 21.7. The van der Waals surface area contributed by atoms with E-state index in [-0.39, 0.29) is 5.92 Å². The third-order valence-electron chi connectivity index (χ3n) is 4.01. The van der Waals surface area contributed by atoms with E-state index in [1.54, 1.807) is 12.1 Å². The number of anilines is 1. The van der Waals surface area contributed by atoms with Gasteiger partial charge in [-0.2, -0.15) is 0 Å². The van der Waals surface area contributed by atoms with Crippen LogP contribution in [-0.2, 0) is 6.42 Å². The average molecular weight is 290 g/mol. The van der Waals surface area contributed by atoms with E-state index in [0.717, 1.165) is 11.6 Å². The van der Waals surface area contributed by atoms with Crippen molar-refractivity contribution in [1.29, 1.82) is 0 Å². The summed E-state index contributed by atoms with van der Waals surface area (Å²) in [7, 11) is 0. The number of aliphatic hydroxyl groups excluding tert-OH is 1. The quantitative estimate of drug-likeness (QED) is 0.793. The van der Waals surface area contributed by atoms with Gasteiger partial charge in [0.15, 0.2) is 11.6 Å². The Balaban J connectivity index is 2.01. The van der Waals surface area contributed by atoms with Gasteiger partial charge in [0.25, 0.3) is 0 Å². The lowest BCUT2D eigenvalue weighted by atomic mass is 9.89. The van der Waals surface area contributed by atoms with Gasteiger partial charge in [0.1, 0.15) is 0 Å². The predicted molar refractivity (Wildman–Crippen MR) is 75.6 cm³/mol. The van der Waals surface area contributed by atoms with E-state index in [2.05, 4.69) is 4.98 Å². The number of nitrogens with zero attached hydrogens (tertiary/aromatic N) is 1. The summed E-state index contributed by atoms with van der Waals surface area (Å²) in [5, 5.41) is 10.1. The monoisotopic (exact) mass is 290 g/mol. The Morgan fingerprint density at radius 3 is 2.86 bits per heavy atom. The Labute approximate surface area is 121 Å². The fraction of sp³-hybridized carbons (Fsp3) is 0.312. The number of pyridine rings is 1. The molecule has 0 aliphatic heterocycles. The van der Waals surface area contributed by atoms with Crippen LogP contribution in [-0.4, -0.2) is 10.1 Å². The Bertz CT molecular complexity index is 675. The van der Waals surface area contributed by atoms with Crippen LogP contribution in [0.4, 0.5) is 14.5 Å². The first-order valence-electron chi connectivity index (χ1n) is 6.92. The molecule has 2 aromatic rings. The van der Waals surface area contributed by atoms with E-state index in [1.165, 1.54) is 12.3 Å². The second kappa shape index (κ2) is 5.41. The van der Waals surface area contributed by atoms with E-state index in [1.807, 2.05) is 0 Å². The van der Waals surface area contributed by atoms with Crippen LogP contribution in [0, 0.1) is 11.6 Å². The van der Waals surface area contributed by atoms with Gasteiger partial charge in [-0.05, 0) is 48.4 Å². The van der Waals surface area contributed by atoms with Crippen molar-refractivity contribution < 1.29 is 13.9 Å². The van der Waals surface area contributed by atoms with Crippen LogP contribution in [0.15, 0.2) is 30.5 Å². The molecule has 2 atom stereocenters. The lowest BCUT2D eigenvalue weighted by Gasteiger charge is -2.16. The van der Waals surface area contributed by atoms with Crippen molar-refractivity contribution >= 4 is 5.69 Å². The summed E-state index contributed by atoms with van der Waals surface area (Å²) in [4.78, 5) is 4.19. The highest BCUT2D eigenvalue weighted by molar-refractivity contribution is 5.42. The summed E-state index contributed by atoms with van der Waals surface area (Å²) in [6, 6.07) is 5.96. The van der Waals surface area contributed by atoms with E-state index in [9.17, 15) is 13.9 Å². The van der Waals surface area contributed by atoms with Gasteiger partial charge in [-0.3, -0.25) is 4.98 Å². The van der Waals surface area contributed by atoms with Crippen LogP contribution in [0.2, 0.25) is 0 Å². The second-order valence-corrected chi connectivity index (χ2v) is 5.45. The highest BCUT2D eigenvalue weighted by Gasteiger charge is 2.27. The number of fused-ring (bicyclic) bond motifs is 1. The number of halogens is 2. The van der Waals surface area contributed by atoms with Crippen molar-refractivity contribution in [3.05, 3.63) is 58.9 Å². The third-order valence-corrected chi connectivity index (χ3v) is 4.01. The molecule has 0 amide bonds. The summed E-state index contributed by atoms with van der Waals surface area (Å²) in [5.74, 6) is -1.85. The van der Waals surface area contributed by atoms with Crippen molar-refractivity contribution in [2.75, 3.05) is 5.73 Å². The number of aromatic nitrogens is 1. The van der Waals surface area contributed by atoms with E-state index >= 15 is 0 Å². The van der Waals surface area contributed by atoms with Crippen LogP contribution in [0.3, 0.4) is 0 Å². The van der Waals surface area contributed by atoms with E-state index < -0.39 is 17.7 Å². The standard InChI is InChI=1S/C16H16F2N2O/c17-13-3-1-2-12(15(13)18)9-4-5-14(21)16-10(6-9)7-11(19)8-20-16/h1-3,7-9,14,21H,4-6,19H2/t9-,14-/m1/s1. The van der Waals surface area contributed by atoms with Crippen molar-refractivity contribution in [2.24, 2.45) is 0 Å². The van der Waals surface area contributed by atoms with Crippen molar-refractivity contribution in [3.63, 3.8) is 0 Å². The topological polar surface area (TPSA) is 59.1 Å². The molecule has 0 radical (unpaired) electrons. The molecule has 0 unspecified atom stereocenters. The van der Waals surface area contributed by atoms with Gasteiger partial charge in [0, 0.05) is 0 Å². The van der Waals surface area contributed by atoms with Gasteiger partial charge < -0.3 is 10.8 Å². The molecule has 3 N–H and O–H groups in total. The highest BCUT2D eigenvalue weighted by Crippen LogP contribution is 2.37. The summed E-state index contributed by atoms with van der Waals surface area (Å²) < 4.78 is 27.4. The number of hydrogen-bond acceptors (Lipinski definition) is 3. The lowest BCUT2D eigenvalue weighted by molar-refractivity contribution is 0.160. The Hall–Kier alpha value is -2.01. The minimum absolute atomic E-state index is 0.194. The lowest BCUT2D eigenvalue weighted by Crippen LogP contribution is -2.06. The first-order chi connectivity index (χ1) is 10.1. The molecule has 0 spiro atoms. The molecule has 0 fully saturated rings. The first-order valence-corrected chi connectivity index (χ1v) is 6.92. The number of aliphatic hydroxyl groups is 1. The maximum absolute atomic E-state index is 14.0. The number of nitrogens with two attached hydrogens (primary N) is 1. The SMILES string of the molecule is Nc1cnc2c(c1)C[C@H](c1cccc(F)c1F)CC[C@H]2O. The zero-order chi connectivity index (χ0) is 15.0. The first kappa shape index (κ1) is 13.9. The molecule has 1 aliphatic carbocycles. The zero-order valence-corrected chi connectivity index (χ0v) is 11.4. The minimum atomic E-state index is -0.844. The zero-order valence-electron chi connectivity index (χ0n) is 11.4.